The number of rotatable bonds is 7. The first-order valence-corrected chi connectivity index (χ1v) is 10.7. The zero-order valence-corrected chi connectivity index (χ0v) is 19.2. The van der Waals surface area contributed by atoms with Gasteiger partial charge in [0.2, 0.25) is 5.91 Å². The van der Waals surface area contributed by atoms with Gasteiger partial charge in [0.05, 0.1) is 25.3 Å². The van der Waals surface area contributed by atoms with Gasteiger partial charge in [0.1, 0.15) is 5.75 Å². The summed E-state index contributed by atoms with van der Waals surface area (Å²) in [5.74, 6) is 1.87. The van der Waals surface area contributed by atoms with E-state index in [1.807, 2.05) is 49.1 Å². The highest BCUT2D eigenvalue weighted by Crippen LogP contribution is 2.37. The second-order valence-electron chi connectivity index (χ2n) is 7.54. The summed E-state index contributed by atoms with van der Waals surface area (Å²) in [5, 5.41) is 0.452. The van der Waals surface area contributed by atoms with Crippen molar-refractivity contribution in [3.05, 3.63) is 53.1 Å². The molecular formula is C24H29ClN2O4. The summed E-state index contributed by atoms with van der Waals surface area (Å²) in [4.78, 5) is 16.8. The standard InChI is InChI=1S/C24H29ClN2O4/c1-17(2)31-24-21(25)15-18(16-22(24)30-4)5-10-23(28)27-13-11-26(12-14-27)19-6-8-20(29-3)9-7-19/h5-10,15-17H,11-14H2,1-4H3/b10-5+. The summed E-state index contributed by atoms with van der Waals surface area (Å²) in [6.45, 7) is 6.76. The van der Waals surface area contributed by atoms with Gasteiger partial charge in [0.15, 0.2) is 11.5 Å². The number of hydrogen-bond donors (Lipinski definition) is 0. The van der Waals surface area contributed by atoms with Crippen LogP contribution in [0, 0.1) is 0 Å². The minimum atomic E-state index is -0.0223. The first-order chi connectivity index (χ1) is 14.9. The number of halogens is 1. The molecule has 0 aromatic heterocycles. The summed E-state index contributed by atoms with van der Waals surface area (Å²) >= 11 is 6.37. The molecule has 0 unspecified atom stereocenters. The highest BCUT2D eigenvalue weighted by atomic mass is 35.5. The lowest BCUT2D eigenvalue weighted by Gasteiger charge is -2.35. The van der Waals surface area contributed by atoms with Crippen LogP contribution in [0.25, 0.3) is 6.08 Å². The van der Waals surface area contributed by atoms with Gasteiger partial charge >= 0.3 is 0 Å². The van der Waals surface area contributed by atoms with Crippen LogP contribution in [0.3, 0.4) is 0 Å². The molecule has 1 fully saturated rings. The van der Waals surface area contributed by atoms with Gasteiger partial charge in [-0.05, 0) is 61.9 Å². The molecule has 166 valence electrons. The third-order valence-electron chi connectivity index (χ3n) is 5.05. The topological polar surface area (TPSA) is 51.2 Å². The van der Waals surface area contributed by atoms with Gasteiger partial charge in [0, 0.05) is 37.9 Å². The first-order valence-electron chi connectivity index (χ1n) is 10.3. The van der Waals surface area contributed by atoms with E-state index < -0.39 is 0 Å². The van der Waals surface area contributed by atoms with Gasteiger partial charge in [-0.3, -0.25) is 4.79 Å². The predicted molar refractivity (Wildman–Crippen MR) is 125 cm³/mol. The maximum absolute atomic E-state index is 12.7. The molecule has 2 aromatic carbocycles. The summed E-state index contributed by atoms with van der Waals surface area (Å²) < 4.78 is 16.4. The Morgan fingerprint density at radius 2 is 1.71 bits per heavy atom. The predicted octanol–water partition coefficient (Wildman–Crippen LogP) is 4.51. The average Bonchev–Trinajstić information content (AvgIpc) is 2.78. The fraction of sp³-hybridized carbons (Fsp3) is 0.375. The highest BCUT2D eigenvalue weighted by Gasteiger charge is 2.20. The molecule has 3 rings (SSSR count). The van der Waals surface area contributed by atoms with Crippen LogP contribution in [-0.4, -0.2) is 57.3 Å². The maximum Gasteiger partial charge on any atom is 0.246 e. The molecule has 0 atom stereocenters. The van der Waals surface area contributed by atoms with Crippen LogP contribution in [0.4, 0.5) is 5.69 Å². The molecule has 0 N–H and O–H groups in total. The SMILES string of the molecule is COc1ccc(N2CCN(C(=O)/C=C/c3cc(Cl)c(OC(C)C)c(OC)c3)CC2)cc1. The average molecular weight is 445 g/mol. The molecule has 2 aromatic rings. The van der Waals surface area contributed by atoms with E-state index >= 15 is 0 Å². The fourth-order valence-corrected chi connectivity index (χ4v) is 3.70. The monoisotopic (exact) mass is 444 g/mol. The molecule has 31 heavy (non-hydrogen) atoms. The van der Waals surface area contributed by atoms with Gasteiger partial charge in [-0.1, -0.05) is 11.6 Å². The molecule has 0 radical (unpaired) electrons. The van der Waals surface area contributed by atoms with E-state index in [0.717, 1.165) is 30.1 Å². The number of hydrogen-bond acceptors (Lipinski definition) is 5. The Hall–Kier alpha value is -2.86. The Kier molecular flexibility index (Phi) is 7.69. The van der Waals surface area contributed by atoms with E-state index in [2.05, 4.69) is 4.90 Å². The number of benzene rings is 2. The number of anilines is 1. The van der Waals surface area contributed by atoms with E-state index in [1.54, 1.807) is 32.4 Å². The molecule has 6 nitrogen and oxygen atoms in total. The Bertz CT molecular complexity index is 920. The Morgan fingerprint density at radius 1 is 1.03 bits per heavy atom. The van der Waals surface area contributed by atoms with Crippen LogP contribution in [0.2, 0.25) is 5.02 Å². The number of nitrogens with zero attached hydrogens (tertiary/aromatic N) is 2. The number of carbonyl (C=O) groups excluding carboxylic acids is 1. The van der Waals surface area contributed by atoms with E-state index in [-0.39, 0.29) is 12.0 Å². The zero-order chi connectivity index (χ0) is 22.4. The van der Waals surface area contributed by atoms with Crippen LogP contribution in [0.5, 0.6) is 17.2 Å². The van der Waals surface area contributed by atoms with Crippen molar-refractivity contribution in [3.63, 3.8) is 0 Å². The summed E-state index contributed by atoms with van der Waals surface area (Å²) in [5.41, 5.74) is 1.91. The largest absolute Gasteiger partial charge is 0.497 e. The molecule has 1 heterocycles. The van der Waals surface area contributed by atoms with E-state index in [1.165, 1.54) is 0 Å². The second kappa shape index (κ2) is 10.4. The third-order valence-corrected chi connectivity index (χ3v) is 5.33. The van der Waals surface area contributed by atoms with E-state index in [4.69, 9.17) is 25.8 Å². The molecule has 1 saturated heterocycles. The lowest BCUT2D eigenvalue weighted by molar-refractivity contribution is -0.126. The quantitative estimate of drug-likeness (QED) is 0.588. The minimum absolute atomic E-state index is 0.0213. The van der Waals surface area contributed by atoms with Crippen LogP contribution in [0.15, 0.2) is 42.5 Å². The van der Waals surface area contributed by atoms with Crippen molar-refractivity contribution in [2.24, 2.45) is 0 Å². The minimum Gasteiger partial charge on any atom is -0.497 e. The third kappa shape index (κ3) is 5.85. The number of carbonyl (C=O) groups is 1. The second-order valence-corrected chi connectivity index (χ2v) is 7.95. The van der Waals surface area contributed by atoms with E-state index in [0.29, 0.717) is 29.6 Å². The summed E-state index contributed by atoms with van der Waals surface area (Å²) in [7, 11) is 3.23. The van der Waals surface area contributed by atoms with Crippen LogP contribution in [-0.2, 0) is 4.79 Å². The van der Waals surface area contributed by atoms with Crippen LogP contribution >= 0.6 is 11.6 Å². The Morgan fingerprint density at radius 3 is 2.29 bits per heavy atom. The molecule has 0 spiro atoms. The van der Waals surface area contributed by atoms with Gasteiger partial charge in [-0.25, -0.2) is 0 Å². The lowest BCUT2D eigenvalue weighted by atomic mass is 10.1. The molecule has 7 heteroatoms. The number of ether oxygens (including phenoxy) is 3. The molecule has 0 saturated carbocycles. The van der Waals surface area contributed by atoms with Gasteiger partial charge in [0.25, 0.3) is 0 Å². The van der Waals surface area contributed by atoms with Crippen LogP contribution in [0.1, 0.15) is 19.4 Å². The Labute approximate surface area is 188 Å². The normalized spacial score (nSPS) is 14.3. The van der Waals surface area contributed by atoms with Crippen molar-refractivity contribution in [2.45, 2.75) is 20.0 Å². The van der Waals surface area contributed by atoms with Gasteiger partial charge in [-0.15, -0.1) is 0 Å². The summed E-state index contributed by atoms with van der Waals surface area (Å²) in [6.07, 6.45) is 3.31. The smallest absolute Gasteiger partial charge is 0.246 e. The molecule has 0 aliphatic carbocycles. The van der Waals surface area contributed by atoms with Crippen molar-refractivity contribution in [1.29, 1.82) is 0 Å². The first kappa shape index (κ1) is 22.8. The van der Waals surface area contributed by atoms with Crippen molar-refractivity contribution in [3.8, 4) is 17.2 Å². The Balaban J connectivity index is 1.61. The molecule has 1 aliphatic rings. The maximum atomic E-state index is 12.7. The van der Waals surface area contributed by atoms with Crippen molar-refractivity contribution in [2.75, 3.05) is 45.3 Å². The van der Waals surface area contributed by atoms with Gasteiger partial charge in [-0.2, -0.15) is 0 Å². The van der Waals surface area contributed by atoms with Crippen molar-refractivity contribution < 1.29 is 19.0 Å². The number of methoxy groups -OCH3 is 2. The highest BCUT2D eigenvalue weighted by molar-refractivity contribution is 6.32. The van der Waals surface area contributed by atoms with Crippen LogP contribution < -0.4 is 19.1 Å². The summed E-state index contributed by atoms with van der Waals surface area (Å²) in [6, 6.07) is 11.6. The van der Waals surface area contributed by atoms with E-state index in [9.17, 15) is 4.79 Å². The molecule has 0 bridgehead atoms. The molecule has 1 amide bonds. The zero-order valence-electron chi connectivity index (χ0n) is 18.4. The lowest BCUT2D eigenvalue weighted by Crippen LogP contribution is -2.48. The fourth-order valence-electron chi connectivity index (χ4n) is 3.44. The van der Waals surface area contributed by atoms with Gasteiger partial charge < -0.3 is 24.0 Å². The molecule has 1 aliphatic heterocycles. The number of piperazine rings is 1. The molecular weight excluding hydrogens is 416 g/mol. The van der Waals surface area contributed by atoms with Crippen molar-refractivity contribution in [1.82, 2.24) is 4.90 Å². The number of amides is 1. The van der Waals surface area contributed by atoms with Crippen molar-refractivity contribution >= 4 is 29.3 Å².